The number of carboxylic acid groups (broad SMARTS) is 1. The maximum absolute atomic E-state index is 11.0. The summed E-state index contributed by atoms with van der Waals surface area (Å²) in [5, 5.41) is 9.87. The van der Waals surface area contributed by atoms with Crippen LogP contribution in [0.2, 0.25) is 5.02 Å². The van der Waals surface area contributed by atoms with Crippen LogP contribution in [0.15, 0.2) is 18.2 Å². The number of benzene rings is 1. The van der Waals surface area contributed by atoms with Crippen molar-refractivity contribution in [1.82, 2.24) is 4.90 Å². The fraction of sp³-hybridized carbons (Fsp3) is 0.562. The van der Waals surface area contributed by atoms with Gasteiger partial charge in [0.05, 0.1) is 6.42 Å². The van der Waals surface area contributed by atoms with Gasteiger partial charge in [0, 0.05) is 24.0 Å². The fourth-order valence-electron chi connectivity index (χ4n) is 3.24. The highest BCUT2D eigenvalue weighted by Gasteiger charge is 2.34. The van der Waals surface area contributed by atoms with Crippen LogP contribution in [0.3, 0.4) is 0 Å². The number of hydrogen-bond acceptors (Lipinski definition) is 2. The van der Waals surface area contributed by atoms with E-state index >= 15 is 0 Å². The molecular weight excluding hydrogens is 274 g/mol. The Balaban J connectivity index is 1.79. The molecule has 3 nitrogen and oxygen atoms in total. The van der Waals surface area contributed by atoms with E-state index in [1.54, 1.807) is 0 Å². The Labute approximate surface area is 124 Å². The molecule has 3 rings (SSSR count). The highest BCUT2D eigenvalue weighted by atomic mass is 35.5. The zero-order valence-electron chi connectivity index (χ0n) is 11.7. The van der Waals surface area contributed by atoms with Crippen molar-refractivity contribution in [3.05, 3.63) is 34.3 Å². The Hall–Kier alpha value is -1.06. The van der Waals surface area contributed by atoms with Gasteiger partial charge in [0.15, 0.2) is 0 Å². The SMILES string of the molecule is CN1CC(c2ccc(C(CC(=O)O)C3CC3)cc2Cl)C1. The molecule has 0 amide bonds. The highest BCUT2D eigenvalue weighted by molar-refractivity contribution is 6.31. The second kappa shape index (κ2) is 5.38. The van der Waals surface area contributed by atoms with Gasteiger partial charge in [-0.15, -0.1) is 0 Å². The molecule has 1 aliphatic heterocycles. The standard InChI is InChI=1S/C16H20ClNO2/c1-18-8-12(9-18)13-5-4-11(6-15(13)17)14(7-16(19)20)10-2-3-10/h4-6,10,12,14H,2-3,7-9H2,1H3,(H,19,20). The second-order valence-corrected chi connectivity index (χ2v) is 6.65. The molecule has 0 radical (unpaired) electrons. The maximum atomic E-state index is 11.0. The molecule has 1 heterocycles. The number of likely N-dealkylation sites (N-methyl/N-ethyl adjacent to an activating group) is 1. The van der Waals surface area contributed by atoms with Gasteiger partial charge in [-0.2, -0.15) is 0 Å². The zero-order chi connectivity index (χ0) is 14.3. The average Bonchev–Trinajstić information content (AvgIpc) is 3.16. The summed E-state index contributed by atoms with van der Waals surface area (Å²) in [7, 11) is 2.11. The molecule has 1 atom stereocenters. The first-order valence-electron chi connectivity index (χ1n) is 7.24. The average molecular weight is 294 g/mol. The number of nitrogens with zero attached hydrogens (tertiary/aromatic N) is 1. The third kappa shape index (κ3) is 2.84. The summed E-state index contributed by atoms with van der Waals surface area (Å²) in [6.07, 6.45) is 2.50. The number of carboxylic acids is 1. The summed E-state index contributed by atoms with van der Waals surface area (Å²) >= 11 is 6.42. The van der Waals surface area contributed by atoms with Crippen molar-refractivity contribution in [2.24, 2.45) is 5.92 Å². The van der Waals surface area contributed by atoms with Gasteiger partial charge in [-0.05, 0) is 48.9 Å². The van der Waals surface area contributed by atoms with E-state index in [9.17, 15) is 4.79 Å². The Bertz CT molecular complexity index is 521. The van der Waals surface area contributed by atoms with Crippen molar-refractivity contribution in [3.8, 4) is 0 Å². The highest BCUT2D eigenvalue weighted by Crippen LogP contribution is 2.45. The first-order valence-corrected chi connectivity index (χ1v) is 7.62. The lowest BCUT2D eigenvalue weighted by Gasteiger charge is -2.37. The van der Waals surface area contributed by atoms with Crippen molar-refractivity contribution >= 4 is 17.6 Å². The van der Waals surface area contributed by atoms with Crippen LogP contribution in [0.5, 0.6) is 0 Å². The third-order valence-electron chi connectivity index (χ3n) is 4.54. The maximum Gasteiger partial charge on any atom is 0.303 e. The minimum Gasteiger partial charge on any atom is -0.481 e. The second-order valence-electron chi connectivity index (χ2n) is 6.24. The smallest absolute Gasteiger partial charge is 0.303 e. The van der Waals surface area contributed by atoms with Gasteiger partial charge >= 0.3 is 5.97 Å². The molecule has 1 aromatic carbocycles. The number of carbonyl (C=O) groups is 1. The quantitative estimate of drug-likeness (QED) is 0.905. The van der Waals surface area contributed by atoms with Gasteiger partial charge in [0.25, 0.3) is 0 Å². The van der Waals surface area contributed by atoms with Crippen LogP contribution in [0, 0.1) is 5.92 Å². The van der Waals surface area contributed by atoms with E-state index in [1.807, 2.05) is 6.07 Å². The van der Waals surface area contributed by atoms with Crippen LogP contribution in [-0.4, -0.2) is 36.1 Å². The predicted molar refractivity (Wildman–Crippen MR) is 79.4 cm³/mol. The lowest BCUT2D eigenvalue weighted by Crippen LogP contribution is -2.41. The van der Waals surface area contributed by atoms with Gasteiger partial charge in [-0.1, -0.05) is 23.7 Å². The summed E-state index contributed by atoms with van der Waals surface area (Å²) in [4.78, 5) is 13.3. The minimum atomic E-state index is -0.720. The van der Waals surface area contributed by atoms with Gasteiger partial charge in [-0.3, -0.25) is 4.79 Å². The van der Waals surface area contributed by atoms with E-state index in [1.165, 1.54) is 5.56 Å². The van der Waals surface area contributed by atoms with E-state index in [-0.39, 0.29) is 12.3 Å². The first-order chi connectivity index (χ1) is 9.54. The molecule has 1 saturated heterocycles. The molecule has 1 aromatic rings. The Morgan fingerprint density at radius 2 is 2.15 bits per heavy atom. The van der Waals surface area contributed by atoms with Crippen molar-refractivity contribution in [3.63, 3.8) is 0 Å². The number of aliphatic carboxylic acids is 1. The number of hydrogen-bond donors (Lipinski definition) is 1. The molecule has 1 aliphatic carbocycles. The van der Waals surface area contributed by atoms with Crippen LogP contribution in [0.1, 0.15) is 42.2 Å². The predicted octanol–water partition coefficient (Wildman–Crippen LogP) is 3.34. The van der Waals surface area contributed by atoms with Crippen LogP contribution in [0.25, 0.3) is 0 Å². The lowest BCUT2D eigenvalue weighted by molar-refractivity contribution is -0.137. The van der Waals surface area contributed by atoms with Gasteiger partial charge in [-0.25, -0.2) is 0 Å². The summed E-state index contributed by atoms with van der Waals surface area (Å²) in [5.74, 6) is 0.467. The number of halogens is 1. The fourth-order valence-corrected chi connectivity index (χ4v) is 3.59. The molecule has 0 spiro atoms. The lowest BCUT2D eigenvalue weighted by atomic mass is 9.87. The topological polar surface area (TPSA) is 40.5 Å². The van der Waals surface area contributed by atoms with Crippen molar-refractivity contribution in [2.75, 3.05) is 20.1 Å². The molecule has 1 unspecified atom stereocenters. The largest absolute Gasteiger partial charge is 0.481 e. The Kier molecular flexibility index (Phi) is 3.74. The molecule has 2 aliphatic rings. The molecule has 4 heteroatoms. The van der Waals surface area contributed by atoms with Gasteiger partial charge in [0.1, 0.15) is 0 Å². The van der Waals surface area contributed by atoms with E-state index < -0.39 is 5.97 Å². The summed E-state index contributed by atoms with van der Waals surface area (Å²) < 4.78 is 0. The third-order valence-corrected chi connectivity index (χ3v) is 4.87. The van der Waals surface area contributed by atoms with Crippen molar-refractivity contribution in [1.29, 1.82) is 0 Å². The summed E-state index contributed by atoms with van der Waals surface area (Å²) in [6.45, 7) is 2.11. The van der Waals surface area contributed by atoms with Gasteiger partial charge in [0.2, 0.25) is 0 Å². The van der Waals surface area contributed by atoms with E-state index in [2.05, 4.69) is 24.1 Å². The molecular formula is C16H20ClNO2. The zero-order valence-corrected chi connectivity index (χ0v) is 12.4. The molecule has 2 fully saturated rings. The van der Waals surface area contributed by atoms with E-state index in [4.69, 9.17) is 16.7 Å². The molecule has 1 N–H and O–H groups in total. The van der Waals surface area contributed by atoms with Crippen LogP contribution >= 0.6 is 11.6 Å². The molecule has 1 saturated carbocycles. The first kappa shape index (κ1) is 13.9. The Morgan fingerprint density at radius 1 is 1.45 bits per heavy atom. The summed E-state index contributed by atoms with van der Waals surface area (Å²) in [5.41, 5.74) is 2.30. The molecule has 0 aromatic heterocycles. The van der Waals surface area contributed by atoms with E-state index in [0.29, 0.717) is 11.8 Å². The van der Waals surface area contributed by atoms with E-state index in [0.717, 1.165) is 36.5 Å². The monoisotopic (exact) mass is 293 g/mol. The summed E-state index contributed by atoms with van der Waals surface area (Å²) in [6, 6.07) is 6.19. The van der Waals surface area contributed by atoms with Crippen molar-refractivity contribution < 1.29 is 9.90 Å². The molecule has 108 valence electrons. The molecule has 0 bridgehead atoms. The Morgan fingerprint density at radius 3 is 2.65 bits per heavy atom. The molecule has 20 heavy (non-hydrogen) atoms. The number of rotatable bonds is 5. The van der Waals surface area contributed by atoms with Crippen LogP contribution < -0.4 is 0 Å². The van der Waals surface area contributed by atoms with Gasteiger partial charge < -0.3 is 10.0 Å². The normalized spacial score (nSPS) is 21.5. The minimum absolute atomic E-state index is 0.128. The van der Waals surface area contributed by atoms with Crippen LogP contribution in [0.4, 0.5) is 0 Å². The van der Waals surface area contributed by atoms with Crippen LogP contribution in [-0.2, 0) is 4.79 Å². The van der Waals surface area contributed by atoms with Crippen molar-refractivity contribution in [2.45, 2.75) is 31.1 Å². The number of likely N-dealkylation sites (tertiary alicyclic amines) is 1.